The summed E-state index contributed by atoms with van der Waals surface area (Å²) in [6.45, 7) is 0. The van der Waals surface area contributed by atoms with E-state index < -0.39 is 0 Å². The summed E-state index contributed by atoms with van der Waals surface area (Å²) < 4.78 is 0. The van der Waals surface area contributed by atoms with Gasteiger partial charge in [0.1, 0.15) is 12.0 Å². The largest absolute Gasteiger partial charge is 0.507 e. The molecule has 3 N–H and O–H groups in total. The molecule has 2 aromatic rings. The number of carbonyl (C=O) groups excluding carboxylic acids is 1. The zero-order chi connectivity index (χ0) is 11.5. The van der Waals surface area contributed by atoms with E-state index in [0.29, 0.717) is 16.8 Å². The molecule has 0 fully saturated rings. The Labute approximate surface area is 93.1 Å². The van der Waals surface area contributed by atoms with E-state index in [1.165, 1.54) is 6.07 Å². The first kappa shape index (κ1) is 10.2. The molecule has 3 nitrogen and oxygen atoms in total. The highest BCUT2D eigenvalue weighted by Gasteiger charge is 2.04. The number of phenols is 1. The number of hydrogen-bond acceptors (Lipinski definition) is 3. The van der Waals surface area contributed by atoms with Gasteiger partial charge in [0.05, 0.1) is 0 Å². The van der Waals surface area contributed by atoms with Crippen molar-refractivity contribution in [3.63, 3.8) is 0 Å². The zero-order valence-corrected chi connectivity index (χ0v) is 8.55. The van der Waals surface area contributed by atoms with Gasteiger partial charge in [0.2, 0.25) is 0 Å². The lowest BCUT2D eigenvalue weighted by Gasteiger charge is -2.06. The second-order valence-electron chi connectivity index (χ2n) is 3.52. The van der Waals surface area contributed by atoms with E-state index in [0.717, 1.165) is 11.8 Å². The number of nitrogen functional groups attached to an aromatic ring is 1. The lowest BCUT2D eigenvalue weighted by molar-refractivity contribution is 0.112. The monoisotopic (exact) mass is 213 g/mol. The molecule has 0 aromatic heterocycles. The van der Waals surface area contributed by atoms with Crippen LogP contribution < -0.4 is 5.73 Å². The first-order valence-corrected chi connectivity index (χ1v) is 4.85. The molecule has 80 valence electrons. The van der Waals surface area contributed by atoms with E-state index >= 15 is 0 Å². The van der Waals surface area contributed by atoms with Crippen LogP contribution in [0, 0.1) is 0 Å². The summed E-state index contributed by atoms with van der Waals surface area (Å²) in [4.78, 5) is 10.6. The predicted molar refractivity (Wildman–Crippen MR) is 63.3 cm³/mol. The Hall–Kier alpha value is -2.29. The van der Waals surface area contributed by atoms with Crippen LogP contribution in [0.4, 0.5) is 5.69 Å². The Morgan fingerprint density at radius 3 is 2.62 bits per heavy atom. The Morgan fingerprint density at radius 2 is 1.94 bits per heavy atom. The SMILES string of the molecule is Nc1ccc(-c2cccc(C=O)c2)c(O)c1. The molecule has 0 bridgehead atoms. The highest BCUT2D eigenvalue weighted by molar-refractivity contribution is 5.80. The molecule has 0 aliphatic rings. The summed E-state index contributed by atoms with van der Waals surface area (Å²) in [5.74, 6) is 0.114. The molecule has 0 aliphatic carbocycles. The lowest BCUT2D eigenvalue weighted by Crippen LogP contribution is -1.86. The normalized spacial score (nSPS) is 10.0. The van der Waals surface area contributed by atoms with Gasteiger partial charge in [-0.05, 0) is 23.8 Å². The van der Waals surface area contributed by atoms with Gasteiger partial charge in [-0.3, -0.25) is 4.79 Å². The maximum atomic E-state index is 10.6. The topological polar surface area (TPSA) is 63.3 Å². The van der Waals surface area contributed by atoms with Crippen molar-refractivity contribution < 1.29 is 9.90 Å². The summed E-state index contributed by atoms with van der Waals surface area (Å²) >= 11 is 0. The molecule has 0 saturated heterocycles. The van der Waals surface area contributed by atoms with Gasteiger partial charge >= 0.3 is 0 Å². The van der Waals surface area contributed by atoms with Gasteiger partial charge in [0.25, 0.3) is 0 Å². The highest BCUT2D eigenvalue weighted by atomic mass is 16.3. The first-order chi connectivity index (χ1) is 7.70. The fraction of sp³-hybridized carbons (Fsp3) is 0. The van der Waals surface area contributed by atoms with Crippen molar-refractivity contribution in [1.29, 1.82) is 0 Å². The number of benzene rings is 2. The van der Waals surface area contributed by atoms with Crippen LogP contribution in [0.1, 0.15) is 10.4 Å². The number of nitrogens with two attached hydrogens (primary N) is 1. The molecule has 0 aliphatic heterocycles. The van der Waals surface area contributed by atoms with Crippen LogP contribution in [-0.4, -0.2) is 11.4 Å². The molecular formula is C13H11NO2. The molecule has 3 heteroatoms. The number of aldehydes is 1. The van der Waals surface area contributed by atoms with Gasteiger partial charge in [0.15, 0.2) is 0 Å². The van der Waals surface area contributed by atoms with Crippen LogP contribution in [0.2, 0.25) is 0 Å². The molecule has 16 heavy (non-hydrogen) atoms. The molecular weight excluding hydrogens is 202 g/mol. The highest BCUT2D eigenvalue weighted by Crippen LogP contribution is 2.30. The number of anilines is 1. The van der Waals surface area contributed by atoms with Crippen molar-refractivity contribution in [3.8, 4) is 16.9 Å². The van der Waals surface area contributed by atoms with Crippen molar-refractivity contribution in [2.24, 2.45) is 0 Å². The van der Waals surface area contributed by atoms with Crippen molar-refractivity contribution in [1.82, 2.24) is 0 Å². The summed E-state index contributed by atoms with van der Waals surface area (Å²) in [6.07, 6.45) is 0.776. The minimum Gasteiger partial charge on any atom is -0.507 e. The summed E-state index contributed by atoms with van der Waals surface area (Å²) in [5.41, 5.74) is 8.09. The third-order valence-electron chi connectivity index (χ3n) is 2.36. The van der Waals surface area contributed by atoms with Crippen LogP contribution in [0.15, 0.2) is 42.5 Å². The second kappa shape index (κ2) is 4.06. The Morgan fingerprint density at radius 1 is 1.12 bits per heavy atom. The number of carbonyl (C=O) groups is 1. The fourth-order valence-corrected chi connectivity index (χ4v) is 1.57. The Bertz CT molecular complexity index is 535. The van der Waals surface area contributed by atoms with E-state index in [1.807, 2.05) is 6.07 Å². The molecule has 2 aromatic carbocycles. The quantitative estimate of drug-likeness (QED) is 0.595. The fourth-order valence-electron chi connectivity index (χ4n) is 1.57. The summed E-state index contributed by atoms with van der Waals surface area (Å²) in [6, 6.07) is 12.0. The third kappa shape index (κ3) is 1.88. The van der Waals surface area contributed by atoms with Crippen LogP contribution >= 0.6 is 0 Å². The van der Waals surface area contributed by atoms with E-state index in [9.17, 15) is 9.90 Å². The minimum atomic E-state index is 0.114. The number of hydrogen-bond donors (Lipinski definition) is 2. The molecule has 2 rings (SSSR count). The van der Waals surface area contributed by atoms with E-state index in [2.05, 4.69) is 0 Å². The van der Waals surface area contributed by atoms with Crippen LogP contribution in [0.5, 0.6) is 5.75 Å². The minimum absolute atomic E-state index is 0.114. The third-order valence-corrected chi connectivity index (χ3v) is 2.36. The van der Waals surface area contributed by atoms with Crippen molar-refractivity contribution in [3.05, 3.63) is 48.0 Å². The van der Waals surface area contributed by atoms with Crippen LogP contribution in [-0.2, 0) is 0 Å². The summed E-state index contributed by atoms with van der Waals surface area (Å²) in [5, 5.41) is 9.74. The Balaban J connectivity index is 2.53. The van der Waals surface area contributed by atoms with Gasteiger partial charge < -0.3 is 10.8 Å². The predicted octanol–water partition coefficient (Wildman–Crippen LogP) is 2.45. The van der Waals surface area contributed by atoms with Gasteiger partial charge in [-0.1, -0.05) is 18.2 Å². The molecule has 0 saturated carbocycles. The average Bonchev–Trinajstić information content (AvgIpc) is 2.29. The molecule has 0 unspecified atom stereocenters. The van der Waals surface area contributed by atoms with Gasteiger partial charge in [-0.2, -0.15) is 0 Å². The number of rotatable bonds is 2. The molecule has 0 radical (unpaired) electrons. The maximum absolute atomic E-state index is 10.6. The number of aromatic hydroxyl groups is 1. The van der Waals surface area contributed by atoms with Crippen LogP contribution in [0.25, 0.3) is 11.1 Å². The van der Waals surface area contributed by atoms with Crippen molar-refractivity contribution >= 4 is 12.0 Å². The molecule has 0 atom stereocenters. The van der Waals surface area contributed by atoms with Crippen LogP contribution in [0.3, 0.4) is 0 Å². The number of phenolic OH excluding ortho intramolecular Hbond substituents is 1. The first-order valence-electron chi connectivity index (χ1n) is 4.85. The lowest BCUT2D eigenvalue weighted by atomic mass is 10.0. The van der Waals surface area contributed by atoms with Gasteiger partial charge in [0, 0.05) is 22.9 Å². The molecule has 0 spiro atoms. The van der Waals surface area contributed by atoms with Gasteiger partial charge in [-0.15, -0.1) is 0 Å². The molecule has 0 amide bonds. The van der Waals surface area contributed by atoms with Gasteiger partial charge in [-0.25, -0.2) is 0 Å². The Kier molecular flexibility index (Phi) is 2.60. The standard InChI is InChI=1S/C13H11NO2/c14-11-4-5-12(13(16)7-11)10-3-1-2-9(6-10)8-15/h1-8,16H,14H2. The van der Waals surface area contributed by atoms with E-state index in [4.69, 9.17) is 5.73 Å². The average molecular weight is 213 g/mol. The smallest absolute Gasteiger partial charge is 0.150 e. The second-order valence-corrected chi connectivity index (χ2v) is 3.52. The van der Waals surface area contributed by atoms with E-state index in [-0.39, 0.29) is 5.75 Å². The van der Waals surface area contributed by atoms with Crippen molar-refractivity contribution in [2.45, 2.75) is 0 Å². The van der Waals surface area contributed by atoms with E-state index in [1.54, 1.807) is 30.3 Å². The maximum Gasteiger partial charge on any atom is 0.150 e. The zero-order valence-electron chi connectivity index (χ0n) is 8.55. The molecule has 0 heterocycles. The summed E-state index contributed by atoms with van der Waals surface area (Å²) in [7, 11) is 0. The van der Waals surface area contributed by atoms with Crippen molar-refractivity contribution in [2.75, 3.05) is 5.73 Å².